The van der Waals surface area contributed by atoms with Crippen LogP contribution in [0.1, 0.15) is 36.1 Å². The van der Waals surface area contributed by atoms with Gasteiger partial charge in [0.05, 0.1) is 6.54 Å². The normalized spacial score (nSPS) is 13.1. The topological polar surface area (TPSA) is 77.3 Å². The highest BCUT2D eigenvalue weighted by atomic mass is 35.5. The third kappa shape index (κ3) is 5.71. The van der Waals surface area contributed by atoms with E-state index in [9.17, 15) is 15.3 Å². The van der Waals surface area contributed by atoms with E-state index in [4.69, 9.17) is 0 Å². The molecule has 2 unspecified atom stereocenters. The van der Waals surface area contributed by atoms with E-state index in [0.29, 0.717) is 5.75 Å². The van der Waals surface area contributed by atoms with E-state index in [1.165, 1.54) is 0 Å². The Morgan fingerprint density at radius 1 is 1.08 bits per heavy atom. The number of hydrogen-bond donors (Lipinski definition) is 4. The van der Waals surface area contributed by atoms with Crippen molar-refractivity contribution in [2.75, 3.05) is 6.54 Å². The summed E-state index contributed by atoms with van der Waals surface area (Å²) in [5.74, 6) is 0.557. The van der Waals surface area contributed by atoms with Crippen LogP contribution >= 0.6 is 0 Å². The van der Waals surface area contributed by atoms with Gasteiger partial charge in [-0.2, -0.15) is 0 Å². The lowest BCUT2D eigenvalue weighted by molar-refractivity contribution is -0.694. The molecule has 5 N–H and O–H groups in total. The van der Waals surface area contributed by atoms with Crippen molar-refractivity contribution < 1.29 is 33.0 Å². The maximum atomic E-state index is 10.4. The van der Waals surface area contributed by atoms with E-state index in [0.717, 1.165) is 36.1 Å². The first-order chi connectivity index (χ1) is 11.0. The zero-order valence-corrected chi connectivity index (χ0v) is 14.9. The second-order valence-corrected chi connectivity index (χ2v) is 6.15. The number of aliphatic hydroxyl groups is 1. The van der Waals surface area contributed by atoms with Gasteiger partial charge in [0.1, 0.15) is 23.6 Å². The summed E-state index contributed by atoms with van der Waals surface area (Å²) >= 11 is 0. The molecule has 2 rings (SSSR count). The molecule has 0 aromatic heterocycles. The fourth-order valence-corrected chi connectivity index (χ4v) is 2.69. The largest absolute Gasteiger partial charge is 1.00 e. The molecule has 24 heavy (non-hydrogen) atoms. The maximum Gasteiger partial charge on any atom is 0.130 e. The van der Waals surface area contributed by atoms with Crippen molar-refractivity contribution in [1.82, 2.24) is 0 Å². The highest BCUT2D eigenvalue weighted by Gasteiger charge is 2.19. The summed E-state index contributed by atoms with van der Waals surface area (Å²) in [6.07, 6.45) is 1.33. The average molecular weight is 352 g/mol. The van der Waals surface area contributed by atoms with Crippen molar-refractivity contribution in [3.63, 3.8) is 0 Å². The zero-order valence-electron chi connectivity index (χ0n) is 14.1. The van der Waals surface area contributed by atoms with E-state index in [1.807, 2.05) is 32.0 Å². The molecule has 0 heterocycles. The average Bonchev–Trinajstić information content (AvgIpc) is 2.53. The molecule has 2 aromatic carbocycles. The van der Waals surface area contributed by atoms with E-state index in [-0.39, 0.29) is 24.2 Å². The molecular weight excluding hydrogens is 326 g/mol. The Balaban J connectivity index is 0.00000288. The van der Waals surface area contributed by atoms with E-state index in [1.54, 1.807) is 24.3 Å². The number of aliphatic hydroxyl groups excluding tert-OH is 1. The van der Waals surface area contributed by atoms with E-state index >= 15 is 0 Å². The summed E-state index contributed by atoms with van der Waals surface area (Å²) < 4.78 is 0. The number of hydrogen-bond acceptors (Lipinski definition) is 3. The van der Waals surface area contributed by atoms with Crippen LogP contribution in [-0.2, 0) is 6.42 Å². The Labute approximate surface area is 149 Å². The van der Waals surface area contributed by atoms with Gasteiger partial charge in [-0.05, 0) is 61.2 Å². The molecule has 0 aliphatic rings. The van der Waals surface area contributed by atoms with Crippen LogP contribution in [-0.4, -0.2) is 27.9 Å². The van der Waals surface area contributed by atoms with Gasteiger partial charge in [0.15, 0.2) is 0 Å². The second kappa shape index (κ2) is 9.52. The molecule has 0 saturated carbocycles. The predicted molar refractivity (Wildman–Crippen MR) is 90.5 cm³/mol. The number of aromatic hydroxyl groups is 2. The number of phenols is 2. The molecule has 5 heteroatoms. The minimum absolute atomic E-state index is 0. The predicted octanol–water partition coefficient (Wildman–Crippen LogP) is -0.972. The van der Waals surface area contributed by atoms with Gasteiger partial charge in [0.25, 0.3) is 0 Å². The summed E-state index contributed by atoms with van der Waals surface area (Å²) in [4.78, 5) is 0. The van der Waals surface area contributed by atoms with Gasteiger partial charge < -0.3 is 33.0 Å². The van der Waals surface area contributed by atoms with Gasteiger partial charge in [-0.15, -0.1) is 0 Å². The molecule has 0 spiro atoms. The van der Waals surface area contributed by atoms with Crippen molar-refractivity contribution in [1.29, 1.82) is 0 Å². The first-order valence-corrected chi connectivity index (χ1v) is 8.06. The van der Waals surface area contributed by atoms with Crippen molar-refractivity contribution in [2.24, 2.45) is 0 Å². The van der Waals surface area contributed by atoms with Gasteiger partial charge in [-0.3, -0.25) is 0 Å². The fourth-order valence-electron chi connectivity index (χ4n) is 2.69. The fraction of sp³-hybridized carbons (Fsp3) is 0.368. The highest BCUT2D eigenvalue weighted by Crippen LogP contribution is 2.22. The van der Waals surface area contributed by atoms with E-state index in [2.05, 4.69) is 5.32 Å². The zero-order chi connectivity index (χ0) is 16.8. The van der Waals surface area contributed by atoms with Crippen LogP contribution < -0.4 is 17.7 Å². The Bertz CT molecular complexity index is 648. The van der Waals surface area contributed by atoms with Crippen molar-refractivity contribution in [3.8, 4) is 11.5 Å². The van der Waals surface area contributed by atoms with E-state index < -0.39 is 6.10 Å². The number of quaternary nitrogens is 1. The number of phenolic OH excluding ortho intramolecular Hbond substituents is 2. The first kappa shape index (κ1) is 20.3. The van der Waals surface area contributed by atoms with Crippen LogP contribution in [0.25, 0.3) is 0 Å². The first-order valence-electron chi connectivity index (χ1n) is 8.06. The summed E-state index contributed by atoms with van der Waals surface area (Å²) in [5, 5.41) is 31.5. The minimum Gasteiger partial charge on any atom is -1.00 e. The Morgan fingerprint density at radius 3 is 2.50 bits per heavy atom. The number of benzene rings is 2. The molecule has 0 aliphatic carbocycles. The summed E-state index contributed by atoms with van der Waals surface area (Å²) in [7, 11) is 0. The molecule has 0 bridgehead atoms. The number of halogens is 1. The van der Waals surface area contributed by atoms with Crippen LogP contribution in [0.3, 0.4) is 0 Å². The molecule has 0 radical (unpaired) electrons. The molecule has 0 amide bonds. The monoisotopic (exact) mass is 351 g/mol. The summed E-state index contributed by atoms with van der Waals surface area (Å²) in [6.45, 7) is 4.74. The minimum atomic E-state index is -0.560. The quantitative estimate of drug-likeness (QED) is 0.485. The number of rotatable bonds is 7. The van der Waals surface area contributed by atoms with Crippen LogP contribution in [0.4, 0.5) is 0 Å². The molecular formula is C19H26ClNO3. The van der Waals surface area contributed by atoms with Crippen molar-refractivity contribution in [2.45, 2.75) is 38.8 Å². The Kier molecular flexibility index (Phi) is 8.05. The summed E-state index contributed by atoms with van der Waals surface area (Å²) in [5.41, 5.74) is 2.73. The van der Waals surface area contributed by atoms with Crippen LogP contribution in [0.15, 0.2) is 42.5 Å². The summed E-state index contributed by atoms with van der Waals surface area (Å²) in [6, 6.07) is 12.6. The standard InChI is InChI=1S/C19H25NO3.ClH/c1-13-11-16(8-9-18(13)22)19(23)14(2)20-10-4-6-15-5-3-7-17(21)12-15;/h3,5,7-9,11-12,14,19-23H,4,6,10H2,1-2H3;1H. The van der Waals surface area contributed by atoms with Gasteiger partial charge >= 0.3 is 0 Å². The molecule has 2 atom stereocenters. The molecule has 0 aliphatic heterocycles. The third-order valence-corrected chi connectivity index (χ3v) is 4.18. The van der Waals surface area contributed by atoms with Crippen LogP contribution in [0, 0.1) is 6.92 Å². The molecule has 4 nitrogen and oxygen atoms in total. The van der Waals surface area contributed by atoms with Crippen molar-refractivity contribution in [3.05, 3.63) is 59.2 Å². The second-order valence-electron chi connectivity index (χ2n) is 6.15. The number of nitrogens with two attached hydrogens (primary N) is 1. The number of aryl methyl sites for hydroxylation is 2. The molecule has 0 saturated heterocycles. The maximum absolute atomic E-state index is 10.4. The van der Waals surface area contributed by atoms with Gasteiger partial charge in [-0.25, -0.2) is 0 Å². The van der Waals surface area contributed by atoms with Crippen molar-refractivity contribution >= 4 is 0 Å². The Morgan fingerprint density at radius 2 is 1.83 bits per heavy atom. The third-order valence-electron chi connectivity index (χ3n) is 4.18. The van der Waals surface area contributed by atoms with Crippen LogP contribution in [0.2, 0.25) is 0 Å². The lowest BCUT2D eigenvalue weighted by atomic mass is 10.0. The highest BCUT2D eigenvalue weighted by molar-refractivity contribution is 5.36. The van der Waals surface area contributed by atoms with Crippen LogP contribution in [0.5, 0.6) is 11.5 Å². The lowest BCUT2D eigenvalue weighted by Gasteiger charge is -2.18. The Hall–Kier alpha value is -1.75. The lowest BCUT2D eigenvalue weighted by Crippen LogP contribution is -3.00. The molecule has 2 aromatic rings. The van der Waals surface area contributed by atoms with Gasteiger partial charge in [-0.1, -0.05) is 18.2 Å². The SMILES string of the molecule is Cc1cc(C(O)C(C)[NH2+]CCCc2cccc(O)c2)ccc1O.[Cl-]. The van der Waals surface area contributed by atoms with Gasteiger partial charge in [0.2, 0.25) is 0 Å². The molecule has 132 valence electrons. The smallest absolute Gasteiger partial charge is 0.130 e. The molecule has 0 fully saturated rings. The van der Waals surface area contributed by atoms with Gasteiger partial charge in [0, 0.05) is 6.42 Å².